The van der Waals surface area contributed by atoms with Gasteiger partial charge in [0.1, 0.15) is 17.7 Å². The molecular weight excluding hydrogens is 390 g/mol. The van der Waals surface area contributed by atoms with Gasteiger partial charge in [0.15, 0.2) is 11.5 Å². The summed E-state index contributed by atoms with van der Waals surface area (Å²) in [6.45, 7) is 0.643. The minimum atomic E-state index is -0.623. The van der Waals surface area contributed by atoms with Gasteiger partial charge in [-0.2, -0.15) is 4.52 Å². The predicted molar refractivity (Wildman–Crippen MR) is 108 cm³/mol. The van der Waals surface area contributed by atoms with E-state index in [0.717, 1.165) is 31.0 Å². The molecule has 2 aromatic carbocycles. The van der Waals surface area contributed by atoms with Gasteiger partial charge in [-0.15, -0.1) is 5.10 Å². The highest BCUT2D eigenvalue weighted by atomic mass is 19.1. The lowest BCUT2D eigenvalue weighted by Crippen LogP contribution is -2.38. The topological polar surface area (TPSA) is 84.2 Å². The number of carbonyl (C=O) groups excluding carboxylic acids is 1. The maximum atomic E-state index is 14.3. The zero-order valence-corrected chi connectivity index (χ0v) is 15.9. The lowest BCUT2D eigenvalue weighted by atomic mass is 10.1. The number of para-hydroxylation sites is 1. The predicted octanol–water partition coefficient (Wildman–Crippen LogP) is 3.30. The molecule has 9 heteroatoms. The van der Waals surface area contributed by atoms with Crippen LogP contribution in [0.1, 0.15) is 19.3 Å². The summed E-state index contributed by atoms with van der Waals surface area (Å²) in [7, 11) is 0. The van der Waals surface area contributed by atoms with Crippen LogP contribution in [0.5, 0.6) is 0 Å². The molecular formula is C21H18F2N6O. The molecule has 1 aliphatic rings. The number of nitrogens with one attached hydrogen (secondary N) is 2. The number of fused-ring (bicyclic) bond motifs is 3. The number of anilines is 1. The monoisotopic (exact) mass is 408 g/mol. The lowest BCUT2D eigenvalue weighted by molar-refractivity contribution is -0.121. The van der Waals surface area contributed by atoms with Crippen molar-refractivity contribution in [1.29, 1.82) is 0 Å². The van der Waals surface area contributed by atoms with E-state index in [4.69, 9.17) is 0 Å². The Hall–Kier alpha value is -3.62. The molecule has 3 heterocycles. The second kappa shape index (κ2) is 7.33. The maximum absolute atomic E-state index is 14.3. The number of nitrogens with zero attached hydrogens (tertiary/aromatic N) is 4. The van der Waals surface area contributed by atoms with Crippen molar-refractivity contribution in [2.45, 2.75) is 25.3 Å². The SMILES string of the molecule is O=C1NCCCC[C@H]1Nc1nc2ccccc2c2nc(-c3cc(F)ccc3F)nn12. The normalized spacial score (nSPS) is 17.1. The third-order valence-corrected chi connectivity index (χ3v) is 5.19. The van der Waals surface area contributed by atoms with E-state index in [0.29, 0.717) is 35.5 Å². The van der Waals surface area contributed by atoms with E-state index in [9.17, 15) is 13.6 Å². The molecule has 1 fully saturated rings. The molecule has 0 unspecified atom stereocenters. The first-order chi connectivity index (χ1) is 14.6. The van der Waals surface area contributed by atoms with Gasteiger partial charge in [0, 0.05) is 11.9 Å². The van der Waals surface area contributed by atoms with E-state index in [1.165, 1.54) is 4.52 Å². The van der Waals surface area contributed by atoms with Gasteiger partial charge in [0.2, 0.25) is 11.9 Å². The van der Waals surface area contributed by atoms with Crippen molar-refractivity contribution in [2.75, 3.05) is 11.9 Å². The van der Waals surface area contributed by atoms with Crippen LogP contribution in [-0.4, -0.2) is 38.1 Å². The highest BCUT2D eigenvalue weighted by molar-refractivity contribution is 5.93. The number of benzene rings is 2. The third kappa shape index (κ3) is 3.22. The van der Waals surface area contributed by atoms with Gasteiger partial charge in [-0.3, -0.25) is 4.79 Å². The van der Waals surface area contributed by atoms with Crippen molar-refractivity contribution in [1.82, 2.24) is 24.9 Å². The highest BCUT2D eigenvalue weighted by Crippen LogP contribution is 2.26. The van der Waals surface area contributed by atoms with Crippen LogP contribution in [0, 0.1) is 11.6 Å². The molecule has 30 heavy (non-hydrogen) atoms. The molecule has 0 aliphatic carbocycles. The van der Waals surface area contributed by atoms with E-state index in [-0.39, 0.29) is 17.3 Å². The smallest absolute Gasteiger partial charge is 0.242 e. The van der Waals surface area contributed by atoms with Gasteiger partial charge in [-0.05, 0) is 49.6 Å². The Balaban J connectivity index is 1.68. The second-order valence-electron chi connectivity index (χ2n) is 7.23. The first-order valence-corrected chi connectivity index (χ1v) is 9.75. The highest BCUT2D eigenvalue weighted by Gasteiger charge is 2.24. The molecule has 2 aromatic heterocycles. The van der Waals surface area contributed by atoms with Crippen molar-refractivity contribution in [3.05, 3.63) is 54.1 Å². The molecule has 0 bridgehead atoms. The minimum absolute atomic E-state index is 0.0403. The van der Waals surface area contributed by atoms with E-state index in [2.05, 4.69) is 25.7 Å². The number of rotatable bonds is 3. The molecule has 1 saturated heterocycles. The van der Waals surface area contributed by atoms with Crippen LogP contribution in [0.15, 0.2) is 42.5 Å². The number of carbonyl (C=O) groups is 1. The fourth-order valence-corrected chi connectivity index (χ4v) is 3.67. The quantitative estimate of drug-likeness (QED) is 0.543. The van der Waals surface area contributed by atoms with Gasteiger partial charge in [0.25, 0.3) is 0 Å². The summed E-state index contributed by atoms with van der Waals surface area (Å²) in [5, 5.41) is 11.1. The fraction of sp³-hybridized carbons (Fsp3) is 0.238. The number of halogens is 2. The molecule has 1 aliphatic heterocycles. The van der Waals surface area contributed by atoms with Gasteiger partial charge in [-0.25, -0.2) is 18.7 Å². The first kappa shape index (κ1) is 18.4. The molecule has 1 amide bonds. The Morgan fingerprint density at radius 3 is 2.87 bits per heavy atom. The van der Waals surface area contributed by atoms with Crippen LogP contribution in [0.25, 0.3) is 27.9 Å². The zero-order valence-electron chi connectivity index (χ0n) is 15.9. The Morgan fingerprint density at radius 2 is 1.97 bits per heavy atom. The maximum Gasteiger partial charge on any atom is 0.242 e. The molecule has 7 nitrogen and oxygen atoms in total. The summed E-state index contributed by atoms with van der Waals surface area (Å²) in [6, 6.07) is 10.0. The lowest BCUT2D eigenvalue weighted by Gasteiger charge is -2.16. The Labute approximate surface area is 170 Å². The van der Waals surface area contributed by atoms with Gasteiger partial charge < -0.3 is 10.6 Å². The average Bonchev–Trinajstić information content (AvgIpc) is 3.10. The fourth-order valence-electron chi connectivity index (χ4n) is 3.67. The number of hydrogen-bond donors (Lipinski definition) is 2. The van der Waals surface area contributed by atoms with Crippen LogP contribution in [0.3, 0.4) is 0 Å². The summed E-state index contributed by atoms with van der Waals surface area (Å²) >= 11 is 0. The molecule has 5 rings (SSSR count). The Kier molecular flexibility index (Phi) is 4.50. The molecule has 0 saturated carbocycles. The van der Waals surface area contributed by atoms with Crippen LogP contribution in [-0.2, 0) is 4.79 Å². The van der Waals surface area contributed by atoms with Crippen molar-refractivity contribution in [3.63, 3.8) is 0 Å². The van der Waals surface area contributed by atoms with Gasteiger partial charge in [0.05, 0.1) is 11.1 Å². The Morgan fingerprint density at radius 1 is 1.10 bits per heavy atom. The average molecular weight is 408 g/mol. The number of aromatic nitrogens is 4. The standard InChI is InChI=1S/C21H18F2N6O/c22-12-8-9-15(23)14(11-12)18-27-19-13-5-1-2-6-16(13)25-21(29(19)28-18)26-17-7-3-4-10-24-20(17)30/h1-2,5-6,8-9,11,17H,3-4,7,10H2,(H,24,30)(H,25,26)/t17-/m1/s1. The summed E-state index contributed by atoms with van der Waals surface area (Å²) in [5.74, 6) is -0.948. The van der Waals surface area contributed by atoms with E-state index < -0.39 is 17.7 Å². The van der Waals surface area contributed by atoms with E-state index in [1.54, 1.807) is 0 Å². The zero-order chi connectivity index (χ0) is 20.7. The molecule has 0 spiro atoms. The molecule has 2 N–H and O–H groups in total. The van der Waals surface area contributed by atoms with Crippen LogP contribution in [0.4, 0.5) is 14.7 Å². The molecule has 0 radical (unpaired) electrons. The molecule has 152 valence electrons. The van der Waals surface area contributed by atoms with Crippen LogP contribution < -0.4 is 10.6 Å². The summed E-state index contributed by atoms with van der Waals surface area (Å²) in [4.78, 5) is 21.5. The third-order valence-electron chi connectivity index (χ3n) is 5.19. The largest absolute Gasteiger partial charge is 0.354 e. The number of amides is 1. The second-order valence-corrected chi connectivity index (χ2v) is 7.23. The van der Waals surface area contributed by atoms with Crippen molar-refractivity contribution >= 4 is 28.4 Å². The van der Waals surface area contributed by atoms with Crippen molar-refractivity contribution in [2.24, 2.45) is 0 Å². The van der Waals surface area contributed by atoms with Crippen molar-refractivity contribution < 1.29 is 13.6 Å². The van der Waals surface area contributed by atoms with Gasteiger partial charge in [-0.1, -0.05) is 12.1 Å². The van der Waals surface area contributed by atoms with Crippen LogP contribution in [0.2, 0.25) is 0 Å². The van der Waals surface area contributed by atoms with E-state index in [1.807, 2.05) is 24.3 Å². The molecule has 4 aromatic rings. The summed E-state index contributed by atoms with van der Waals surface area (Å²) in [6.07, 6.45) is 2.46. The van der Waals surface area contributed by atoms with Crippen LogP contribution >= 0.6 is 0 Å². The minimum Gasteiger partial charge on any atom is -0.354 e. The summed E-state index contributed by atoms with van der Waals surface area (Å²) in [5.41, 5.74) is 1.05. The molecule has 1 atom stereocenters. The van der Waals surface area contributed by atoms with Gasteiger partial charge >= 0.3 is 0 Å². The summed E-state index contributed by atoms with van der Waals surface area (Å²) < 4.78 is 29.5. The Bertz CT molecular complexity index is 1270. The number of hydrogen-bond acceptors (Lipinski definition) is 5. The first-order valence-electron chi connectivity index (χ1n) is 9.75. The van der Waals surface area contributed by atoms with Crippen molar-refractivity contribution in [3.8, 4) is 11.4 Å². The van der Waals surface area contributed by atoms with E-state index >= 15 is 0 Å².